The SMILES string of the molecule is COc1cc(C(=O)Nc2cccc(OC3CCCC3)c2)cc2c1OCCO2. The summed E-state index contributed by atoms with van der Waals surface area (Å²) in [5, 5.41) is 2.91. The lowest BCUT2D eigenvalue weighted by Gasteiger charge is -2.21. The van der Waals surface area contributed by atoms with Crippen LogP contribution in [0.2, 0.25) is 0 Å². The molecule has 1 fully saturated rings. The molecule has 1 amide bonds. The van der Waals surface area contributed by atoms with Crippen molar-refractivity contribution in [2.45, 2.75) is 31.8 Å². The number of rotatable bonds is 5. The number of nitrogens with one attached hydrogen (secondary N) is 1. The number of hydrogen-bond donors (Lipinski definition) is 1. The van der Waals surface area contributed by atoms with Gasteiger partial charge in [-0.1, -0.05) is 6.07 Å². The summed E-state index contributed by atoms with van der Waals surface area (Å²) in [6.07, 6.45) is 4.89. The second-order valence-electron chi connectivity index (χ2n) is 6.71. The molecule has 1 aliphatic heterocycles. The second-order valence-corrected chi connectivity index (χ2v) is 6.71. The zero-order chi connectivity index (χ0) is 18.6. The van der Waals surface area contributed by atoms with Gasteiger partial charge in [0, 0.05) is 17.3 Å². The third kappa shape index (κ3) is 3.94. The Hall–Kier alpha value is -2.89. The molecule has 0 radical (unpaired) electrons. The van der Waals surface area contributed by atoms with Gasteiger partial charge in [-0.3, -0.25) is 4.79 Å². The van der Waals surface area contributed by atoms with Gasteiger partial charge in [0.05, 0.1) is 13.2 Å². The molecule has 2 aromatic rings. The van der Waals surface area contributed by atoms with E-state index in [9.17, 15) is 4.79 Å². The lowest BCUT2D eigenvalue weighted by Crippen LogP contribution is -2.18. The van der Waals surface area contributed by atoms with Crippen molar-refractivity contribution in [2.75, 3.05) is 25.6 Å². The maximum Gasteiger partial charge on any atom is 0.255 e. The van der Waals surface area contributed by atoms with Gasteiger partial charge < -0.3 is 24.3 Å². The van der Waals surface area contributed by atoms with Gasteiger partial charge >= 0.3 is 0 Å². The molecule has 1 heterocycles. The van der Waals surface area contributed by atoms with Crippen LogP contribution in [0.1, 0.15) is 36.0 Å². The van der Waals surface area contributed by atoms with Crippen molar-refractivity contribution in [3.8, 4) is 23.0 Å². The van der Waals surface area contributed by atoms with Crippen LogP contribution >= 0.6 is 0 Å². The molecular weight excluding hydrogens is 346 g/mol. The van der Waals surface area contributed by atoms with Gasteiger partial charge in [-0.15, -0.1) is 0 Å². The minimum atomic E-state index is -0.247. The van der Waals surface area contributed by atoms with Gasteiger partial charge in [0.1, 0.15) is 19.0 Å². The maximum absolute atomic E-state index is 12.7. The smallest absolute Gasteiger partial charge is 0.255 e. The third-order valence-corrected chi connectivity index (χ3v) is 4.79. The van der Waals surface area contributed by atoms with Gasteiger partial charge in [0.25, 0.3) is 5.91 Å². The van der Waals surface area contributed by atoms with Crippen molar-refractivity contribution in [3.05, 3.63) is 42.0 Å². The van der Waals surface area contributed by atoms with E-state index < -0.39 is 0 Å². The number of carbonyl (C=O) groups is 1. The molecule has 0 atom stereocenters. The predicted octanol–water partition coefficient (Wildman–Crippen LogP) is 4.04. The molecule has 2 aromatic carbocycles. The van der Waals surface area contributed by atoms with Crippen LogP contribution in [0.4, 0.5) is 5.69 Å². The summed E-state index contributed by atoms with van der Waals surface area (Å²) in [5.41, 5.74) is 1.13. The highest BCUT2D eigenvalue weighted by Crippen LogP contribution is 2.40. The van der Waals surface area contributed by atoms with E-state index in [1.165, 1.54) is 12.8 Å². The lowest BCUT2D eigenvalue weighted by atomic mass is 10.1. The minimum Gasteiger partial charge on any atom is -0.493 e. The summed E-state index contributed by atoms with van der Waals surface area (Å²) in [5.74, 6) is 2.06. The molecule has 0 aromatic heterocycles. The molecule has 4 rings (SSSR count). The molecule has 6 heteroatoms. The van der Waals surface area contributed by atoms with E-state index >= 15 is 0 Å². The van der Waals surface area contributed by atoms with Crippen molar-refractivity contribution in [1.29, 1.82) is 0 Å². The van der Waals surface area contributed by atoms with Crippen molar-refractivity contribution in [3.63, 3.8) is 0 Å². The Labute approximate surface area is 158 Å². The second kappa shape index (κ2) is 7.78. The summed E-state index contributed by atoms with van der Waals surface area (Å²) in [6.45, 7) is 0.907. The average molecular weight is 369 g/mol. The lowest BCUT2D eigenvalue weighted by molar-refractivity contribution is 0.102. The standard InChI is InChI=1S/C21H23NO5/c1-24-18-11-14(12-19-20(18)26-10-9-25-19)21(23)22-15-5-4-8-17(13-15)27-16-6-2-3-7-16/h4-5,8,11-13,16H,2-3,6-7,9-10H2,1H3,(H,22,23). The van der Waals surface area contributed by atoms with Crippen LogP contribution in [0.3, 0.4) is 0 Å². The normalized spacial score (nSPS) is 16.0. The number of ether oxygens (including phenoxy) is 4. The van der Waals surface area contributed by atoms with E-state index in [1.807, 2.05) is 24.3 Å². The van der Waals surface area contributed by atoms with Crippen molar-refractivity contribution in [1.82, 2.24) is 0 Å². The Morgan fingerprint density at radius 1 is 1.11 bits per heavy atom. The zero-order valence-corrected chi connectivity index (χ0v) is 15.3. The summed E-state index contributed by atoms with van der Waals surface area (Å²) in [4.78, 5) is 12.7. The van der Waals surface area contributed by atoms with Gasteiger partial charge in [-0.05, 0) is 49.9 Å². The summed E-state index contributed by atoms with van der Waals surface area (Å²) in [7, 11) is 1.54. The molecule has 142 valence electrons. The van der Waals surface area contributed by atoms with Gasteiger partial charge in [0.15, 0.2) is 11.5 Å². The summed E-state index contributed by atoms with van der Waals surface area (Å²) < 4.78 is 22.5. The number of anilines is 1. The number of methoxy groups -OCH3 is 1. The van der Waals surface area contributed by atoms with Crippen molar-refractivity contribution < 1.29 is 23.7 Å². The van der Waals surface area contributed by atoms with Crippen LogP contribution in [-0.2, 0) is 0 Å². The molecule has 1 saturated carbocycles. The number of hydrogen-bond acceptors (Lipinski definition) is 5. The van der Waals surface area contributed by atoms with Gasteiger partial charge in [-0.25, -0.2) is 0 Å². The van der Waals surface area contributed by atoms with Crippen LogP contribution in [0.25, 0.3) is 0 Å². The fraction of sp³-hybridized carbons (Fsp3) is 0.381. The molecule has 1 N–H and O–H groups in total. The van der Waals surface area contributed by atoms with Crippen LogP contribution in [0.15, 0.2) is 36.4 Å². The first kappa shape index (κ1) is 17.5. The van der Waals surface area contributed by atoms with Crippen LogP contribution in [0.5, 0.6) is 23.0 Å². The minimum absolute atomic E-state index is 0.247. The van der Waals surface area contributed by atoms with Crippen LogP contribution in [0, 0.1) is 0 Å². The summed E-state index contributed by atoms with van der Waals surface area (Å²) >= 11 is 0. The quantitative estimate of drug-likeness (QED) is 0.862. The predicted molar refractivity (Wildman–Crippen MR) is 101 cm³/mol. The molecule has 0 saturated heterocycles. The largest absolute Gasteiger partial charge is 0.493 e. The Morgan fingerprint density at radius 2 is 1.93 bits per heavy atom. The maximum atomic E-state index is 12.7. The highest BCUT2D eigenvalue weighted by Gasteiger charge is 2.21. The van der Waals surface area contributed by atoms with Crippen molar-refractivity contribution in [2.24, 2.45) is 0 Å². The van der Waals surface area contributed by atoms with Crippen LogP contribution in [-0.4, -0.2) is 32.3 Å². The molecule has 27 heavy (non-hydrogen) atoms. The number of amides is 1. The van der Waals surface area contributed by atoms with Crippen molar-refractivity contribution >= 4 is 11.6 Å². The Morgan fingerprint density at radius 3 is 2.74 bits per heavy atom. The topological polar surface area (TPSA) is 66.0 Å². The first-order valence-corrected chi connectivity index (χ1v) is 9.28. The molecule has 0 unspecified atom stereocenters. The van der Waals surface area contributed by atoms with Gasteiger partial charge in [-0.2, -0.15) is 0 Å². The highest BCUT2D eigenvalue weighted by atomic mass is 16.6. The molecular formula is C21H23NO5. The number of fused-ring (bicyclic) bond motifs is 1. The Balaban J connectivity index is 1.50. The molecule has 0 spiro atoms. The van der Waals surface area contributed by atoms with E-state index in [0.717, 1.165) is 18.6 Å². The van der Waals surface area contributed by atoms with E-state index in [4.69, 9.17) is 18.9 Å². The van der Waals surface area contributed by atoms with E-state index in [0.29, 0.717) is 41.7 Å². The Bertz CT molecular complexity index is 812. The monoisotopic (exact) mass is 369 g/mol. The molecule has 1 aliphatic carbocycles. The highest BCUT2D eigenvalue weighted by molar-refractivity contribution is 6.05. The van der Waals surface area contributed by atoms with E-state index in [1.54, 1.807) is 19.2 Å². The molecule has 0 bridgehead atoms. The fourth-order valence-corrected chi connectivity index (χ4v) is 3.45. The van der Waals surface area contributed by atoms with E-state index in [2.05, 4.69) is 5.32 Å². The zero-order valence-electron chi connectivity index (χ0n) is 15.3. The Kier molecular flexibility index (Phi) is 5.05. The first-order valence-electron chi connectivity index (χ1n) is 9.28. The molecule has 6 nitrogen and oxygen atoms in total. The number of carbonyl (C=O) groups excluding carboxylic acids is 1. The third-order valence-electron chi connectivity index (χ3n) is 4.79. The molecule has 2 aliphatic rings. The average Bonchev–Trinajstić information content (AvgIpc) is 3.20. The first-order chi connectivity index (χ1) is 13.2. The fourth-order valence-electron chi connectivity index (χ4n) is 3.45. The number of benzene rings is 2. The summed E-state index contributed by atoms with van der Waals surface area (Å²) in [6, 6.07) is 10.8. The van der Waals surface area contributed by atoms with Gasteiger partial charge in [0.2, 0.25) is 5.75 Å². The van der Waals surface area contributed by atoms with E-state index in [-0.39, 0.29) is 12.0 Å². The van der Waals surface area contributed by atoms with Crippen LogP contribution < -0.4 is 24.3 Å².